The van der Waals surface area contributed by atoms with Crippen LogP contribution in [0.15, 0.2) is 285 Å². The van der Waals surface area contributed by atoms with E-state index in [1.807, 2.05) is 69.3 Å². The minimum absolute atomic E-state index is 0.116. The van der Waals surface area contributed by atoms with Crippen molar-refractivity contribution in [3.05, 3.63) is 313 Å². The Hall–Kier alpha value is -11.9. The molecule has 0 saturated carbocycles. The Bertz CT molecular complexity index is 7120. The molecule has 18 rings (SSSR count). The summed E-state index contributed by atoms with van der Waals surface area (Å²) in [6.07, 6.45) is 0. The summed E-state index contributed by atoms with van der Waals surface area (Å²) >= 11 is 0. The van der Waals surface area contributed by atoms with E-state index in [4.69, 9.17) is 25.9 Å². The molecule has 0 atom stereocenters. The van der Waals surface area contributed by atoms with Crippen LogP contribution < -0.4 is 26.2 Å². The van der Waals surface area contributed by atoms with Gasteiger partial charge in [0.15, 0.2) is 17.5 Å². The van der Waals surface area contributed by atoms with E-state index in [2.05, 4.69) is 225 Å². The summed E-state index contributed by atoms with van der Waals surface area (Å²) in [7, 11) is 0. The molecule has 0 bridgehead atoms. The molecule has 0 radical (unpaired) electrons. The highest BCUT2D eigenvalue weighted by molar-refractivity contribution is 7.00. The fourth-order valence-electron chi connectivity index (χ4n) is 15.9. The lowest BCUT2D eigenvalue weighted by molar-refractivity contribution is 0.590. The summed E-state index contributed by atoms with van der Waals surface area (Å²) in [5.74, 6) is -1.19. The van der Waals surface area contributed by atoms with Crippen molar-refractivity contribution >= 4 is 101 Å². The molecule has 3 aromatic heterocycles. The summed E-state index contributed by atoms with van der Waals surface area (Å²) < 4.78 is 172. The number of rotatable bonds is 9. The van der Waals surface area contributed by atoms with Gasteiger partial charge in [0, 0.05) is 83.5 Å². The van der Waals surface area contributed by atoms with E-state index in [0.717, 1.165) is 88.9 Å². The van der Waals surface area contributed by atoms with Gasteiger partial charge in [-0.1, -0.05) is 292 Å². The molecule has 2 aliphatic heterocycles. The predicted octanol–water partition coefficient (Wildman–Crippen LogP) is 25.0. The van der Waals surface area contributed by atoms with Crippen molar-refractivity contribution in [2.45, 2.75) is 131 Å². The van der Waals surface area contributed by atoms with Gasteiger partial charge >= 0.3 is 0 Å². The first-order chi connectivity index (χ1) is 59.7. The van der Waals surface area contributed by atoms with Crippen molar-refractivity contribution in [3.63, 3.8) is 0 Å². The smallest absolute Gasteiger partial charge is 0.252 e. The second-order valence-corrected chi connectivity index (χ2v) is 34.0. The van der Waals surface area contributed by atoms with Crippen LogP contribution in [0.3, 0.4) is 0 Å². The molecule has 2 aliphatic rings. The minimum atomic E-state index is -0.746. The molecule has 5 heterocycles. The summed E-state index contributed by atoms with van der Waals surface area (Å²) in [6, 6.07) is 50.4. The zero-order valence-corrected chi connectivity index (χ0v) is 64.0. The van der Waals surface area contributed by atoms with Gasteiger partial charge < -0.3 is 18.9 Å². The van der Waals surface area contributed by atoms with Gasteiger partial charge in [0.25, 0.3) is 6.71 Å². The lowest BCUT2D eigenvalue weighted by Gasteiger charge is -2.46. The minimum Gasteiger partial charge on any atom is -0.311 e. The third kappa shape index (κ3) is 11.8. The molecular weight excluding hydrogens is 1320 g/mol. The van der Waals surface area contributed by atoms with Gasteiger partial charge in [-0.15, -0.1) is 0 Å². The van der Waals surface area contributed by atoms with Gasteiger partial charge in [0.05, 0.1) is 58.1 Å². The van der Waals surface area contributed by atoms with E-state index in [9.17, 15) is 13.7 Å². The number of nitrogens with zero attached hydrogens (tertiary/aromatic N) is 7. The Morgan fingerprint density at radius 3 is 1.14 bits per heavy atom. The van der Waals surface area contributed by atoms with Gasteiger partial charge in [-0.2, -0.15) is 0 Å². The van der Waals surface area contributed by atoms with Crippen molar-refractivity contribution in [3.8, 4) is 67.8 Å². The van der Waals surface area contributed by atoms with Gasteiger partial charge in [0.2, 0.25) is 0 Å². The molecule has 16 aromatic rings. The fourth-order valence-corrected chi connectivity index (χ4v) is 15.9. The van der Waals surface area contributed by atoms with Crippen molar-refractivity contribution < 1.29 is 24.7 Å². The topological polar surface area (TPSA) is 55.0 Å². The number of hydrogen-bond acceptors (Lipinski definition) is 5. The molecular formula is C101H92BN7. The highest BCUT2D eigenvalue weighted by Crippen LogP contribution is 2.54. The number of para-hydroxylation sites is 2. The van der Waals surface area contributed by atoms with Crippen LogP contribution in [-0.2, 0) is 27.1 Å². The average molecular weight is 1430 g/mol. The Kier molecular flexibility index (Phi) is 12.0. The maximum absolute atomic E-state index is 9.91. The molecule has 0 spiro atoms. The fraction of sp³-hybridized carbons (Fsp3) is 0.198. The Balaban J connectivity index is 1.05. The monoisotopic (exact) mass is 1430 g/mol. The average Bonchev–Trinajstić information content (AvgIpc) is 1.62. The van der Waals surface area contributed by atoms with Crippen LogP contribution in [0.25, 0.3) is 111 Å². The Morgan fingerprint density at radius 2 is 0.670 bits per heavy atom. The van der Waals surface area contributed by atoms with E-state index in [1.165, 1.54) is 15.7 Å². The largest absolute Gasteiger partial charge is 0.311 e. The third-order valence-corrected chi connectivity index (χ3v) is 21.7. The van der Waals surface area contributed by atoms with Crippen LogP contribution in [-0.4, -0.2) is 30.8 Å². The molecule has 0 saturated heterocycles. The molecule has 8 heteroatoms. The maximum atomic E-state index is 9.91. The van der Waals surface area contributed by atoms with Crippen molar-refractivity contribution in [1.29, 1.82) is 0 Å². The number of anilines is 6. The summed E-state index contributed by atoms with van der Waals surface area (Å²) in [5, 5.41) is 1.93. The summed E-state index contributed by atoms with van der Waals surface area (Å²) in [4.78, 5) is 19.7. The Labute approximate surface area is 667 Å². The zero-order chi connectivity index (χ0) is 91.0. The SMILES string of the molecule is [2H]c1c([2H])c([2H])c(-c2nc(-c3cc(C(C)(C)C)ccc3N3c4cc(-n5c6c([2H])c([2H])c([2H])c([2H])c6c6c([2H])c([2H])c([2H])c([2H])c65)ccc4B4c5ccc(-n6c7ccc(C(C)(C)C)cc7c7cc(C(C)(C)C)ccc76)cc5N(c5c(-c6ccccc6)cc(C(C)(C)C)cc5-c5ccccc5)c5cc(C(C)(C)C)cc3c54)nc(-c3c([2H])c([2H])c([2H])c([2H])c3[2H])n2)c([2H])c1[2H]. The predicted molar refractivity (Wildman–Crippen MR) is 463 cm³/mol. The first-order valence-electron chi connectivity index (χ1n) is 46.2. The highest BCUT2D eigenvalue weighted by atomic mass is 15.2. The van der Waals surface area contributed by atoms with Crippen LogP contribution in [0.4, 0.5) is 34.1 Å². The third-order valence-electron chi connectivity index (χ3n) is 21.7. The van der Waals surface area contributed by atoms with Crippen LogP contribution in [0, 0.1) is 0 Å². The quantitative estimate of drug-likeness (QED) is 0.135. The van der Waals surface area contributed by atoms with E-state index < -0.39 is 154 Å². The van der Waals surface area contributed by atoms with Gasteiger partial charge in [-0.3, -0.25) is 0 Å². The number of hydrogen-bond donors (Lipinski definition) is 0. The molecule has 0 fully saturated rings. The molecule has 13 aromatic carbocycles. The van der Waals surface area contributed by atoms with E-state index in [1.54, 1.807) is 0 Å². The standard InChI is InChI=1S/C101H92BN7/c1-97(2,3)67-44-51-85-78(54-67)79-55-68(98(4,5)6)45-52-86(79)107(85)73-48-50-82-89(62-73)109(93-76(63-32-20-16-21-33-63)57-70(100(10,11)12)58-77(93)64-34-22-17-23-35-64)91-60-71(101(13,14)15)59-90-92(91)102(82)81-49-47-72(106-83-42-30-28-40-74(83)75-41-29-31-43-84(75)106)61-88(81)108(90)87-53-46-69(99(7,8)9)56-80(87)96-104-94(65-36-24-18-25-37-65)103-95(105-96)66-38-26-19-27-39-66/h16-62H,1-15H3/i18D,19D,24D,25D,26D,27D,28D,29D,30D,31D,36D,37D,38D,39D,40D,41D,42D,43D. The molecule has 0 amide bonds. The lowest BCUT2D eigenvalue weighted by Crippen LogP contribution is -2.61. The van der Waals surface area contributed by atoms with Crippen LogP contribution >= 0.6 is 0 Å². The van der Waals surface area contributed by atoms with Crippen LogP contribution in [0.5, 0.6) is 0 Å². The van der Waals surface area contributed by atoms with E-state index in [0.29, 0.717) is 28.1 Å². The van der Waals surface area contributed by atoms with Gasteiger partial charge in [0.1, 0.15) is 0 Å². The van der Waals surface area contributed by atoms with Gasteiger partial charge in [-0.25, -0.2) is 15.0 Å². The Morgan fingerprint density at radius 1 is 0.284 bits per heavy atom. The first-order valence-corrected chi connectivity index (χ1v) is 37.2. The second kappa shape index (κ2) is 25.4. The number of aromatic nitrogens is 5. The summed E-state index contributed by atoms with van der Waals surface area (Å²) in [6.45, 7) is 31.9. The molecule has 109 heavy (non-hydrogen) atoms. The van der Waals surface area contributed by atoms with Crippen LogP contribution in [0.2, 0.25) is 0 Å². The number of benzene rings is 13. The van der Waals surface area contributed by atoms with E-state index in [-0.39, 0.29) is 49.7 Å². The zero-order valence-electron chi connectivity index (χ0n) is 82.0. The summed E-state index contributed by atoms with van der Waals surface area (Å²) in [5.41, 5.74) is 14.8. The lowest BCUT2D eigenvalue weighted by atomic mass is 9.33. The normalized spacial score (nSPS) is 15.5. The van der Waals surface area contributed by atoms with Crippen molar-refractivity contribution in [2.24, 2.45) is 0 Å². The van der Waals surface area contributed by atoms with Crippen molar-refractivity contribution in [2.75, 3.05) is 9.80 Å². The molecule has 0 N–H and O–H groups in total. The molecule has 534 valence electrons. The second-order valence-electron chi connectivity index (χ2n) is 34.0. The maximum Gasteiger partial charge on any atom is 0.252 e. The first kappa shape index (κ1) is 51.4. The van der Waals surface area contributed by atoms with Crippen LogP contribution in [0.1, 0.15) is 156 Å². The molecule has 0 aliphatic carbocycles. The molecule has 0 unspecified atom stereocenters. The number of fused-ring (bicyclic) bond motifs is 10. The highest BCUT2D eigenvalue weighted by Gasteiger charge is 2.46. The van der Waals surface area contributed by atoms with Gasteiger partial charge in [-0.05, 0) is 179 Å². The molecule has 7 nitrogen and oxygen atoms in total. The van der Waals surface area contributed by atoms with Crippen molar-refractivity contribution in [1.82, 2.24) is 24.1 Å². The van der Waals surface area contributed by atoms with E-state index >= 15 is 0 Å².